The molecule has 0 radical (unpaired) electrons. The summed E-state index contributed by atoms with van der Waals surface area (Å²) in [5.41, 5.74) is 2.97. The fourth-order valence-electron chi connectivity index (χ4n) is 3.34. The number of pyridine rings is 1. The fourth-order valence-corrected chi connectivity index (χ4v) is 3.34. The Hall–Kier alpha value is -2.68. The van der Waals surface area contributed by atoms with Gasteiger partial charge in [0.25, 0.3) is 0 Å². The summed E-state index contributed by atoms with van der Waals surface area (Å²) in [6, 6.07) is 19.9. The van der Waals surface area contributed by atoms with E-state index in [-0.39, 0.29) is 5.91 Å². The molecule has 0 fully saturated rings. The molecule has 22 heavy (non-hydrogen) atoms. The van der Waals surface area contributed by atoms with Crippen LogP contribution in [0, 0.1) is 0 Å². The highest BCUT2D eigenvalue weighted by Gasteiger charge is 2.48. The van der Waals surface area contributed by atoms with Crippen LogP contribution >= 0.6 is 0 Å². The van der Waals surface area contributed by atoms with Crippen LogP contribution in [-0.2, 0) is 10.2 Å². The molecule has 1 aromatic heterocycles. The molecule has 2 heterocycles. The highest BCUT2D eigenvalue weighted by molar-refractivity contribution is 6.09. The Morgan fingerprint density at radius 2 is 1.68 bits per heavy atom. The van der Waals surface area contributed by atoms with Crippen LogP contribution in [0.3, 0.4) is 0 Å². The average Bonchev–Trinajstić information content (AvgIpc) is 2.77. The Morgan fingerprint density at radius 1 is 0.955 bits per heavy atom. The normalized spacial score (nSPS) is 20.5. The molecule has 1 atom stereocenters. The number of likely N-dealkylation sites (N-methyl/N-ethyl adjacent to an activating group) is 1. The lowest BCUT2D eigenvalue weighted by molar-refractivity contribution is -0.121. The molecule has 2 aromatic carbocycles. The lowest BCUT2D eigenvalue weighted by Gasteiger charge is -2.23. The van der Waals surface area contributed by atoms with Crippen LogP contribution in [0.15, 0.2) is 60.7 Å². The topological polar surface area (TPSA) is 33.2 Å². The van der Waals surface area contributed by atoms with Crippen LogP contribution in [0.1, 0.15) is 18.2 Å². The summed E-state index contributed by atoms with van der Waals surface area (Å²) >= 11 is 0. The number of para-hydroxylation sites is 2. The van der Waals surface area contributed by atoms with Crippen molar-refractivity contribution in [3.8, 4) is 0 Å². The third kappa shape index (κ3) is 1.56. The highest BCUT2D eigenvalue weighted by atomic mass is 16.2. The average molecular weight is 288 g/mol. The number of carbonyl (C=O) groups excluding carboxylic acids is 1. The number of amides is 1. The Morgan fingerprint density at radius 3 is 2.55 bits per heavy atom. The van der Waals surface area contributed by atoms with Crippen molar-refractivity contribution in [2.75, 3.05) is 11.9 Å². The minimum atomic E-state index is -0.727. The standard InChI is InChI=1S/C19H16N2O/c1-19(14-8-4-6-10-16(14)21(2)18(19)22)17-12-11-13-7-3-5-9-15(13)20-17/h3-12H,1-2H3. The third-order valence-corrected chi connectivity index (χ3v) is 4.65. The maximum Gasteiger partial charge on any atom is 0.243 e. The van der Waals surface area contributed by atoms with E-state index in [1.165, 1.54) is 0 Å². The van der Waals surface area contributed by atoms with Gasteiger partial charge in [-0.1, -0.05) is 42.5 Å². The molecule has 1 aliphatic rings. The number of anilines is 1. The van der Waals surface area contributed by atoms with Crippen molar-refractivity contribution in [2.24, 2.45) is 0 Å². The van der Waals surface area contributed by atoms with E-state index in [1.54, 1.807) is 4.90 Å². The number of hydrogen-bond acceptors (Lipinski definition) is 2. The van der Waals surface area contributed by atoms with Gasteiger partial charge in [-0.05, 0) is 30.7 Å². The van der Waals surface area contributed by atoms with E-state index in [9.17, 15) is 4.79 Å². The Labute approximate surface area is 129 Å². The van der Waals surface area contributed by atoms with Gasteiger partial charge >= 0.3 is 0 Å². The molecule has 4 rings (SSSR count). The summed E-state index contributed by atoms with van der Waals surface area (Å²) in [4.78, 5) is 19.4. The summed E-state index contributed by atoms with van der Waals surface area (Å²) in [5, 5.41) is 1.09. The molecular formula is C19H16N2O. The van der Waals surface area contributed by atoms with Crippen molar-refractivity contribution in [3.05, 3.63) is 71.9 Å². The van der Waals surface area contributed by atoms with E-state index in [1.807, 2.05) is 74.6 Å². The summed E-state index contributed by atoms with van der Waals surface area (Å²) < 4.78 is 0. The van der Waals surface area contributed by atoms with Gasteiger partial charge in [0.15, 0.2) is 0 Å². The van der Waals surface area contributed by atoms with Crippen molar-refractivity contribution < 1.29 is 4.79 Å². The lowest BCUT2D eigenvalue weighted by atomic mass is 9.80. The summed E-state index contributed by atoms with van der Waals surface area (Å²) in [5.74, 6) is 0.0662. The monoisotopic (exact) mass is 288 g/mol. The predicted molar refractivity (Wildman–Crippen MR) is 88.0 cm³/mol. The van der Waals surface area contributed by atoms with Crippen LogP contribution < -0.4 is 4.90 Å². The predicted octanol–water partition coefficient (Wildman–Crippen LogP) is 3.52. The van der Waals surface area contributed by atoms with E-state index < -0.39 is 5.41 Å². The zero-order chi connectivity index (χ0) is 15.3. The molecular weight excluding hydrogens is 272 g/mol. The van der Waals surface area contributed by atoms with Gasteiger partial charge in [0.2, 0.25) is 5.91 Å². The number of nitrogens with zero attached hydrogens (tertiary/aromatic N) is 2. The van der Waals surface area contributed by atoms with Crippen LogP contribution in [0.4, 0.5) is 5.69 Å². The van der Waals surface area contributed by atoms with Crippen molar-refractivity contribution >= 4 is 22.5 Å². The van der Waals surface area contributed by atoms with Crippen molar-refractivity contribution in [1.82, 2.24) is 4.98 Å². The fraction of sp³-hybridized carbons (Fsp3) is 0.158. The largest absolute Gasteiger partial charge is 0.314 e. The molecule has 1 amide bonds. The summed E-state index contributed by atoms with van der Waals surface area (Å²) in [7, 11) is 1.83. The molecule has 0 aliphatic carbocycles. The van der Waals surface area contributed by atoms with Crippen LogP contribution in [0.5, 0.6) is 0 Å². The van der Waals surface area contributed by atoms with Crippen molar-refractivity contribution in [1.29, 1.82) is 0 Å². The van der Waals surface area contributed by atoms with Gasteiger partial charge in [0.05, 0.1) is 11.2 Å². The molecule has 0 spiro atoms. The lowest BCUT2D eigenvalue weighted by Crippen LogP contribution is -2.37. The molecule has 0 bridgehead atoms. The SMILES string of the molecule is CN1C(=O)C(C)(c2ccc3ccccc3n2)c2ccccc21. The second-order valence-corrected chi connectivity index (χ2v) is 5.90. The van der Waals surface area contributed by atoms with E-state index >= 15 is 0 Å². The van der Waals surface area contributed by atoms with Gasteiger partial charge in [0, 0.05) is 18.1 Å². The number of carbonyl (C=O) groups is 1. The Kier molecular flexibility index (Phi) is 2.61. The van der Waals surface area contributed by atoms with Crippen molar-refractivity contribution in [2.45, 2.75) is 12.3 Å². The van der Waals surface area contributed by atoms with Crippen LogP contribution in [0.2, 0.25) is 0 Å². The first-order valence-corrected chi connectivity index (χ1v) is 7.36. The minimum absolute atomic E-state index is 0.0662. The maximum atomic E-state index is 12.9. The van der Waals surface area contributed by atoms with Gasteiger partial charge in [-0.2, -0.15) is 0 Å². The quantitative estimate of drug-likeness (QED) is 0.686. The summed E-state index contributed by atoms with van der Waals surface area (Å²) in [6.07, 6.45) is 0. The van der Waals surface area contributed by atoms with Crippen LogP contribution in [-0.4, -0.2) is 17.9 Å². The smallest absolute Gasteiger partial charge is 0.243 e. The third-order valence-electron chi connectivity index (χ3n) is 4.65. The Bertz CT molecular complexity index is 903. The van der Waals surface area contributed by atoms with E-state index in [2.05, 4.69) is 0 Å². The van der Waals surface area contributed by atoms with E-state index in [4.69, 9.17) is 4.98 Å². The molecule has 3 nitrogen and oxygen atoms in total. The number of hydrogen-bond donors (Lipinski definition) is 0. The molecule has 0 N–H and O–H groups in total. The summed E-state index contributed by atoms with van der Waals surface area (Å²) in [6.45, 7) is 1.97. The molecule has 3 aromatic rings. The number of rotatable bonds is 1. The van der Waals surface area contributed by atoms with Gasteiger partial charge in [-0.25, -0.2) is 0 Å². The number of fused-ring (bicyclic) bond motifs is 2. The first kappa shape index (κ1) is 13.0. The molecule has 0 saturated heterocycles. The maximum absolute atomic E-state index is 12.9. The first-order chi connectivity index (χ1) is 10.6. The van der Waals surface area contributed by atoms with E-state index in [0.29, 0.717) is 0 Å². The second kappa shape index (κ2) is 4.41. The number of benzene rings is 2. The molecule has 108 valence electrons. The van der Waals surface area contributed by atoms with Crippen molar-refractivity contribution in [3.63, 3.8) is 0 Å². The van der Waals surface area contributed by atoms with Gasteiger partial charge in [0.1, 0.15) is 5.41 Å². The zero-order valence-corrected chi connectivity index (χ0v) is 12.6. The van der Waals surface area contributed by atoms with E-state index in [0.717, 1.165) is 27.8 Å². The molecule has 1 unspecified atom stereocenters. The van der Waals surface area contributed by atoms with Gasteiger partial charge < -0.3 is 4.90 Å². The minimum Gasteiger partial charge on any atom is -0.314 e. The highest BCUT2D eigenvalue weighted by Crippen LogP contribution is 2.44. The molecule has 0 saturated carbocycles. The Balaban J connectivity index is 1.98. The van der Waals surface area contributed by atoms with Gasteiger partial charge in [-0.15, -0.1) is 0 Å². The first-order valence-electron chi connectivity index (χ1n) is 7.36. The molecule has 1 aliphatic heterocycles. The number of aromatic nitrogens is 1. The second-order valence-electron chi connectivity index (χ2n) is 5.90. The van der Waals surface area contributed by atoms with Crippen LogP contribution in [0.25, 0.3) is 10.9 Å². The van der Waals surface area contributed by atoms with Gasteiger partial charge in [-0.3, -0.25) is 9.78 Å². The zero-order valence-electron chi connectivity index (χ0n) is 12.6. The molecule has 3 heteroatoms.